The number of hydrogen-bond acceptors (Lipinski definition) is 5. The summed E-state index contributed by atoms with van der Waals surface area (Å²) >= 11 is 1.38. The molecule has 0 spiro atoms. The van der Waals surface area contributed by atoms with Crippen LogP contribution >= 0.6 is 11.8 Å². The van der Waals surface area contributed by atoms with Gasteiger partial charge >= 0.3 is 6.09 Å². The van der Waals surface area contributed by atoms with E-state index in [0.29, 0.717) is 5.92 Å². The quantitative estimate of drug-likeness (QED) is 0.429. The average molecular weight is 496 g/mol. The maximum Gasteiger partial charge on any atom is 0.407 e. The zero-order chi connectivity index (χ0) is 25.3. The maximum atomic E-state index is 13.0. The number of carbonyl (C=O) groups is 2. The summed E-state index contributed by atoms with van der Waals surface area (Å²) in [6, 6.07) is 16.3. The molecular weight excluding hydrogens is 458 g/mol. The van der Waals surface area contributed by atoms with Gasteiger partial charge in [-0.2, -0.15) is 0 Å². The Bertz CT molecular complexity index is 1030. The SMILES string of the molecule is CC(C)C[C@H](C(=O)SC(C)(C)C)[C@H]1O[C@@H]1[C@H](C)NC(=O)OCC1c2ccccc2-c2ccccc21. The van der Waals surface area contributed by atoms with E-state index in [9.17, 15) is 9.59 Å². The molecule has 35 heavy (non-hydrogen) atoms. The highest BCUT2D eigenvalue weighted by Crippen LogP contribution is 2.44. The first-order valence-electron chi connectivity index (χ1n) is 12.5. The van der Waals surface area contributed by atoms with Crippen molar-refractivity contribution in [2.24, 2.45) is 11.8 Å². The van der Waals surface area contributed by atoms with E-state index in [0.717, 1.165) is 6.42 Å². The molecule has 2 aromatic rings. The van der Waals surface area contributed by atoms with Gasteiger partial charge in [0.2, 0.25) is 0 Å². The van der Waals surface area contributed by atoms with Crippen LogP contribution in [-0.2, 0) is 14.3 Å². The van der Waals surface area contributed by atoms with Gasteiger partial charge in [-0.1, -0.05) is 94.9 Å². The van der Waals surface area contributed by atoms with Crippen molar-refractivity contribution < 1.29 is 19.1 Å². The number of carbonyl (C=O) groups excluding carboxylic acids is 2. The van der Waals surface area contributed by atoms with Crippen LogP contribution in [0.5, 0.6) is 0 Å². The number of thioether (sulfide) groups is 1. The number of epoxide rings is 1. The number of hydrogen-bond donors (Lipinski definition) is 1. The summed E-state index contributed by atoms with van der Waals surface area (Å²) < 4.78 is 11.5. The monoisotopic (exact) mass is 495 g/mol. The molecule has 2 aliphatic rings. The first kappa shape index (κ1) is 25.8. The minimum absolute atomic E-state index is 0.0239. The number of rotatable bonds is 8. The fourth-order valence-corrected chi connectivity index (χ4v) is 6.01. The largest absolute Gasteiger partial charge is 0.449 e. The standard InChI is InChI=1S/C29H37NO4S/c1-17(2)15-23(27(31)35-29(4,5)6)26-25(34-26)18(3)30-28(32)33-16-24-21-13-9-7-11-19(21)20-12-8-10-14-22(20)24/h7-14,17-18,23-26H,15-16H2,1-6H3,(H,30,32)/t18-,23-,25+,26+/m0/s1. The van der Waals surface area contributed by atoms with Gasteiger partial charge in [-0.3, -0.25) is 4.79 Å². The summed E-state index contributed by atoms with van der Waals surface area (Å²) in [7, 11) is 0. The van der Waals surface area contributed by atoms with Gasteiger partial charge in [0.1, 0.15) is 12.7 Å². The van der Waals surface area contributed by atoms with Crippen molar-refractivity contribution in [3.63, 3.8) is 0 Å². The Labute approximate surface area is 213 Å². The lowest BCUT2D eigenvalue weighted by molar-refractivity contribution is -0.115. The highest BCUT2D eigenvalue weighted by Gasteiger charge is 2.51. The van der Waals surface area contributed by atoms with Crippen LogP contribution < -0.4 is 5.32 Å². The second-order valence-electron chi connectivity index (χ2n) is 11.1. The second-order valence-corrected chi connectivity index (χ2v) is 12.9. The number of amides is 1. The molecule has 0 unspecified atom stereocenters. The first-order valence-corrected chi connectivity index (χ1v) is 13.4. The number of ether oxygens (including phenoxy) is 2. The number of alkyl carbamates (subject to hydrolysis) is 1. The van der Waals surface area contributed by atoms with Gasteiger partial charge in [0.05, 0.1) is 18.1 Å². The fraction of sp³-hybridized carbons (Fsp3) is 0.517. The average Bonchev–Trinajstić information content (AvgIpc) is 3.51. The first-order chi connectivity index (χ1) is 16.5. The van der Waals surface area contributed by atoms with E-state index in [4.69, 9.17) is 9.47 Å². The molecule has 5 nitrogen and oxygen atoms in total. The number of benzene rings is 2. The van der Waals surface area contributed by atoms with Crippen molar-refractivity contribution >= 4 is 23.0 Å². The third-order valence-electron chi connectivity index (χ3n) is 6.57. The van der Waals surface area contributed by atoms with Gasteiger partial charge in [0, 0.05) is 10.7 Å². The van der Waals surface area contributed by atoms with E-state index >= 15 is 0 Å². The van der Waals surface area contributed by atoms with E-state index in [-0.39, 0.29) is 46.6 Å². The van der Waals surface area contributed by atoms with Gasteiger partial charge in [0.25, 0.3) is 0 Å². The predicted molar refractivity (Wildman–Crippen MR) is 142 cm³/mol. The molecule has 1 fully saturated rings. The zero-order valence-corrected chi connectivity index (χ0v) is 22.4. The van der Waals surface area contributed by atoms with Crippen molar-refractivity contribution in [3.8, 4) is 11.1 Å². The topological polar surface area (TPSA) is 67.9 Å². The Morgan fingerprint density at radius 3 is 2.09 bits per heavy atom. The summed E-state index contributed by atoms with van der Waals surface area (Å²) in [5.74, 6) is 0.242. The molecule has 0 radical (unpaired) electrons. The van der Waals surface area contributed by atoms with Crippen LogP contribution in [0.4, 0.5) is 4.79 Å². The predicted octanol–water partition coefficient (Wildman–Crippen LogP) is 6.40. The van der Waals surface area contributed by atoms with E-state index in [2.05, 4.69) is 64.2 Å². The summed E-state index contributed by atoms with van der Waals surface area (Å²) in [6.45, 7) is 12.6. The molecule has 1 aliphatic carbocycles. The molecule has 1 saturated heterocycles. The zero-order valence-electron chi connectivity index (χ0n) is 21.5. The van der Waals surface area contributed by atoms with Crippen LogP contribution in [0.1, 0.15) is 65.0 Å². The molecule has 1 heterocycles. The molecule has 1 aliphatic heterocycles. The molecule has 0 saturated carbocycles. The molecule has 188 valence electrons. The maximum absolute atomic E-state index is 13.0. The van der Waals surface area contributed by atoms with Crippen LogP contribution in [0.3, 0.4) is 0 Å². The number of fused-ring (bicyclic) bond motifs is 3. The van der Waals surface area contributed by atoms with Crippen LogP contribution in [-0.4, -0.2) is 40.8 Å². The number of nitrogens with one attached hydrogen (secondary N) is 1. The summed E-state index contributed by atoms with van der Waals surface area (Å²) in [5.41, 5.74) is 4.78. The van der Waals surface area contributed by atoms with E-state index in [1.807, 2.05) is 31.2 Å². The third kappa shape index (κ3) is 6.10. The van der Waals surface area contributed by atoms with Crippen LogP contribution in [0.15, 0.2) is 48.5 Å². The lowest BCUT2D eigenvalue weighted by Crippen LogP contribution is -2.39. The molecule has 4 rings (SSSR count). The van der Waals surface area contributed by atoms with Gasteiger partial charge in [-0.25, -0.2) is 4.79 Å². The summed E-state index contributed by atoms with van der Waals surface area (Å²) in [4.78, 5) is 25.7. The van der Waals surface area contributed by atoms with Crippen LogP contribution in [0.2, 0.25) is 0 Å². The molecular formula is C29H37NO4S. The van der Waals surface area contributed by atoms with Crippen molar-refractivity contribution in [1.29, 1.82) is 0 Å². The highest BCUT2D eigenvalue weighted by molar-refractivity contribution is 8.14. The van der Waals surface area contributed by atoms with Crippen molar-refractivity contribution in [3.05, 3.63) is 59.7 Å². The molecule has 0 aromatic heterocycles. The lowest BCUT2D eigenvalue weighted by Gasteiger charge is -2.22. The summed E-state index contributed by atoms with van der Waals surface area (Å²) in [6.07, 6.45) is -0.0161. The van der Waals surface area contributed by atoms with Gasteiger partial charge < -0.3 is 14.8 Å². The minimum atomic E-state index is -0.454. The van der Waals surface area contributed by atoms with Gasteiger partial charge in [0.15, 0.2) is 5.12 Å². The Morgan fingerprint density at radius 2 is 1.54 bits per heavy atom. The molecule has 6 heteroatoms. The van der Waals surface area contributed by atoms with Gasteiger partial charge in [-0.15, -0.1) is 0 Å². The lowest BCUT2D eigenvalue weighted by atomic mass is 9.92. The molecule has 1 amide bonds. The van der Waals surface area contributed by atoms with E-state index < -0.39 is 6.09 Å². The molecule has 4 atom stereocenters. The molecule has 1 N–H and O–H groups in total. The van der Waals surface area contributed by atoms with Gasteiger partial charge in [-0.05, 0) is 41.5 Å². The van der Waals surface area contributed by atoms with Crippen molar-refractivity contribution in [1.82, 2.24) is 5.32 Å². The smallest absolute Gasteiger partial charge is 0.407 e. The normalized spacial score (nSPS) is 20.7. The van der Waals surface area contributed by atoms with Crippen molar-refractivity contribution in [2.75, 3.05) is 6.61 Å². The second kappa shape index (κ2) is 10.4. The Balaban J connectivity index is 1.33. The summed E-state index contributed by atoms with van der Waals surface area (Å²) in [5, 5.41) is 3.11. The minimum Gasteiger partial charge on any atom is -0.449 e. The van der Waals surface area contributed by atoms with Crippen LogP contribution in [0.25, 0.3) is 11.1 Å². The fourth-order valence-electron chi connectivity index (χ4n) is 5.02. The van der Waals surface area contributed by atoms with E-state index in [1.165, 1.54) is 34.0 Å². The Morgan fingerprint density at radius 1 is 0.971 bits per heavy atom. The highest BCUT2D eigenvalue weighted by atomic mass is 32.2. The van der Waals surface area contributed by atoms with E-state index in [1.54, 1.807) is 0 Å². The van der Waals surface area contributed by atoms with Crippen molar-refractivity contribution in [2.45, 2.75) is 76.9 Å². The Kier molecular flexibility index (Phi) is 7.62. The third-order valence-corrected chi connectivity index (χ3v) is 7.69. The van der Waals surface area contributed by atoms with Crippen LogP contribution in [0, 0.1) is 11.8 Å². The molecule has 0 bridgehead atoms. The molecule has 2 aromatic carbocycles. The Hall–Kier alpha value is -2.31.